The second-order valence-electron chi connectivity index (χ2n) is 12.3. The number of fused-ring (bicyclic) bond motifs is 1. The summed E-state index contributed by atoms with van der Waals surface area (Å²) in [4.78, 5) is 33.2. The molecule has 0 fully saturated rings. The minimum atomic E-state index is -0.428. The number of pyridine rings is 1. The molecule has 8 nitrogen and oxygen atoms in total. The zero-order chi connectivity index (χ0) is 34.2. The van der Waals surface area contributed by atoms with Gasteiger partial charge in [-0.05, 0) is 104 Å². The summed E-state index contributed by atoms with van der Waals surface area (Å²) in [5.74, 6) is 0.994. The third kappa shape index (κ3) is 8.76. The van der Waals surface area contributed by atoms with Gasteiger partial charge < -0.3 is 23.5 Å². The maximum atomic E-state index is 14.1. The molecule has 0 aliphatic rings. The van der Waals surface area contributed by atoms with Gasteiger partial charge in [0.1, 0.15) is 17.1 Å². The number of nitrogens with zero attached hydrogens (tertiary/aromatic N) is 3. The number of thiophene rings is 1. The number of carbonyl (C=O) groups is 2. The van der Waals surface area contributed by atoms with Crippen molar-refractivity contribution in [1.29, 1.82) is 0 Å². The van der Waals surface area contributed by atoms with Crippen LogP contribution in [0.25, 0.3) is 16.8 Å². The number of benzene rings is 2. The van der Waals surface area contributed by atoms with Gasteiger partial charge in [-0.2, -0.15) is 11.3 Å². The van der Waals surface area contributed by atoms with Crippen LogP contribution in [-0.2, 0) is 22.5 Å². The number of rotatable bonds is 15. The van der Waals surface area contributed by atoms with E-state index in [2.05, 4.69) is 35.8 Å². The van der Waals surface area contributed by atoms with Crippen LogP contribution in [0.1, 0.15) is 68.3 Å². The van der Waals surface area contributed by atoms with Gasteiger partial charge in [0, 0.05) is 24.7 Å². The van der Waals surface area contributed by atoms with E-state index in [-0.39, 0.29) is 31.8 Å². The number of hydrogen-bond donors (Lipinski definition) is 0. The van der Waals surface area contributed by atoms with Crippen LogP contribution >= 0.6 is 22.9 Å². The molecular weight excluding hydrogens is 646 g/mol. The molecule has 0 bridgehead atoms. The Labute approximate surface area is 291 Å². The second kappa shape index (κ2) is 16.2. The molecule has 0 N–H and O–H groups in total. The highest BCUT2D eigenvalue weighted by atomic mass is 35.5. The van der Waals surface area contributed by atoms with Crippen LogP contribution in [0.4, 0.5) is 0 Å². The summed E-state index contributed by atoms with van der Waals surface area (Å²) >= 11 is 8.30. The fourth-order valence-corrected chi connectivity index (χ4v) is 6.34. The SMILES string of the molecule is CCOC(=O)COc1ccc(-c2ccsc2)cc1Cc1c(CN(CCC(C)C)C(=O)c2ccc(OC(C)C)cc2Cl)nc2ccccn12. The van der Waals surface area contributed by atoms with Crippen molar-refractivity contribution in [3.8, 4) is 22.6 Å². The normalized spacial score (nSPS) is 11.3. The first-order valence-corrected chi connectivity index (χ1v) is 17.6. The van der Waals surface area contributed by atoms with E-state index in [1.807, 2.05) is 60.7 Å². The van der Waals surface area contributed by atoms with Crippen LogP contribution < -0.4 is 9.47 Å². The molecule has 2 aromatic carbocycles. The smallest absolute Gasteiger partial charge is 0.344 e. The third-order valence-corrected chi connectivity index (χ3v) is 8.78. The van der Waals surface area contributed by atoms with Crippen LogP contribution in [0.5, 0.6) is 11.5 Å². The van der Waals surface area contributed by atoms with E-state index in [0.717, 1.165) is 40.1 Å². The lowest BCUT2D eigenvalue weighted by molar-refractivity contribution is -0.145. The van der Waals surface area contributed by atoms with Gasteiger partial charge in [0.25, 0.3) is 5.91 Å². The first-order valence-electron chi connectivity index (χ1n) is 16.3. The van der Waals surface area contributed by atoms with E-state index >= 15 is 0 Å². The first-order chi connectivity index (χ1) is 23.1. The Morgan fingerprint density at radius 3 is 2.56 bits per heavy atom. The van der Waals surface area contributed by atoms with Gasteiger partial charge >= 0.3 is 5.97 Å². The van der Waals surface area contributed by atoms with Crippen molar-refractivity contribution >= 4 is 40.5 Å². The summed E-state index contributed by atoms with van der Waals surface area (Å²) in [6.07, 6.45) is 3.23. The van der Waals surface area contributed by atoms with Crippen molar-refractivity contribution in [1.82, 2.24) is 14.3 Å². The molecule has 3 aromatic heterocycles. The molecule has 0 unspecified atom stereocenters. The number of carbonyl (C=O) groups excluding carboxylic acids is 2. The standard InChI is InChI=1S/C38H42ClN3O5S/c1-6-45-37(43)23-46-35-13-10-27(28-15-18-48-24-28)19-29(35)20-34-33(40-36-9-7-8-16-42(34)36)22-41(17-14-25(2)3)38(44)31-12-11-30(21-32(31)39)47-26(4)5/h7-13,15-16,18-19,21,24-26H,6,14,17,20,22-23H2,1-5H3. The summed E-state index contributed by atoms with van der Waals surface area (Å²) < 4.78 is 19.0. The van der Waals surface area contributed by atoms with E-state index in [0.29, 0.717) is 41.0 Å². The molecule has 0 atom stereocenters. The van der Waals surface area contributed by atoms with Crippen LogP contribution in [0.15, 0.2) is 77.6 Å². The predicted molar refractivity (Wildman–Crippen MR) is 191 cm³/mol. The number of esters is 1. The molecule has 5 aromatic rings. The molecule has 0 radical (unpaired) electrons. The summed E-state index contributed by atoms with van der Waals surface area (Å²) in [5, 5.41) is 4.49. The molecule has 10 heteroatoms. The van der Waals surface area contributed by atoms with Crippen molar-refractivity contribution in [3.63, 3.8) is 0 Å². The molecular formula is C38H42ClN3O5S. The Hall–Kier alpha value is -4.34. The summed E-state index contributed by atoms with van der Waals surface area (Å²) in [6, 6.07) is 19.2. The molecule has 48 heavy (non-hydrogen) atoms. The number of hydrogen-bond acceptors (Lipinski definition) is 7. The summed E-state index contributed by atoms with van der Waals surface area (Å²) in [5.41, 5.74) is 5.91. The number of amides is 1. The van der Waals surface area contributed by atoms with Crippen molar-refractivity contribution < 1.29 is 23.8 Å². The van der Waals surface area contributed by atoms with Crippen LogP contribution in [-0.4, -0.2) is 52.0 Å². The van der Waals surface area contributed by atoms with Gasteiger partial charge in [0.05, 0.1) is 41.2 Å². The van der Waals surface area contributed by atoms with Gasteiger partial charge in [0.15, 0.2) is 6.61 Å². The summed E-state index contributed by atoms with van der Waals surface area (Å²) in [7, 11) is 0. The van der Waals surface area contributed by atoms with Gasteiger partial charge in [-0.15, -0.1) is 0 Å². The minimum Gasteiger partial charge on any atom is -0.491 e. The molecule has 0 aliphatic carbocycles. The van der Waals surface area contributed by atoms with E-state index in [4.69, 9.17) is 30.8 Å². The first kappa shape index (κ1) is 35.0. The van der Waals surface area contributed by atoms with E-state index in [1.54, 1.807) is 36.5 Å². The Morgan fingerprint density at radius 1 is 1.02 bits per heavy atom. The van der Waals surface area contributed by atoms with Crippen molar-refractivity contribution in [2.24, 2.45) is 5.92 Å². The molecule has 0 aliphatic heterocycles. The monoisotopic (exact) mass is 687 g/mol. The Balaban J connectivity index is 1.53. The van der Waals surface area contributed by atoms with Crippen molar-refractivity contribution in [2.45, 2.75) is 60.1 Å². The lowest BCUT2D eigenvalue weighted by Crippen LogP contribution is -2.33. The highest BCUT2D eigenvalue weighted by molar-refractivity contribution is 7.08. The minimum absolute atomic E-state index is 0.0133. The van der Waals surface area contributed by atoms with Crippen LogP contribution in [0, 0.1) is 5.92 Å². The Kier molecular flexibility index (Phi) is 11.8. The van der Waals surface area contributed by atoms with Crippen LogP contribution in [0.2, 0.25) is 5.02 Å². The molecule has 1 amide bonds. The fourth-order valence-electron chi connectivity index (χ4n) is 5.43. The number of ether oxygens (including phenoxy) is 3. The molecule has 3 heterocycles. The molecule has 0 saturated heterocycles. The number of halogens is 1. The van der Waals surface area contributed by atoms with Gasteiger partial charge in [-0.1, -0.05) is 37.6 Å². The van der Waals surface area contributed by atoms with Gasteiger partial charge in [-0.3, -0.25) is 4.79 Å². The predicted octanol–water partition coefficient (Wildman–Crippen LogP) is 8.72. The lowest BCUT2D eigenvalue weighted by atomic mass is 10.0. The Bertz CT molecular complexity index is 1850. The van der Waals surface area contributed by atoms with Gasteiger partial charge in [-0.25, -0.2) is 9.78 Å². The molecule has 0 spiro atoms. The highest BCUT2D eigenvalue weighted by Gasteiger charge is 2.24. The maximum absolute atomic E-state index is 14.1. The fraction of sp³-hybridized carbons (Fsp3) is 0.342. The Morgan fingerprint density at radius 2 is 1.85 bits per heavy atom. The topological polar surface area (TPSA) is 82.4 Å². The summed E-state index contributed by atoms with van der Waals surface area (Å²) in [6.45, 7) is 10.8. The maximum Gasteiger partial charge on any atom is 0.344 e. The lowest BCUT2D eigenvalue weighted by Gasteiger charge is -2.24. The van der Waals surface area contributed by atoms with Crippen molar-refractivity contribution in [3.05, 3.63) is 105 Å². The highest BCUT2D eigenvalue weighted by Crippen LogP contribution is 2.32. The average Bonchev–Trinajstić information content (AvgIpc) is 3.71. The largest absolute Gasteiger partial charge is 0.491 e. The average molecular weight is 688 g/mol. The van der Waals surface area contributed by atoms with Crippen LogP contribution in [0.3, 0.4) is 0 Å². The number of imidazole rings is 1. The molecule has 5 rings (SSSR count). The third-order valence-electron chi connectivity index (χ3n) is 7.78. The zero-order valence-corrected chi connectivity index (χ0v) is 29.6. The van der Waals surface area contributed by atoms with E-state index in [9.17, 15) is 9.59 Å². The van der Waals surface area contributed by atoms with Gasteiger partial charge in [0.2, 0.25) is 0 Å². The zero-order valence-electron chi connectivity index (χ0n) is 28.1. The quantitative estimate of drug-likeness (QED) is 0.102. The second-order valence-corrected chi connectivity index (χ2v) is 13.4. The molecule has 0 saturated carbocycles. The van der Waals surface area contributed by atoms with Crippen molar-refractivity contribution in [2.75, 3.05) is 19.8 Å². The van der Waals surface area contributed by atoms with E-state index in [1.165, 1.54) is 0 Å². The molecule has 252 valence electrons. The van der Waals surface area contributed by atoms with E-state index < -0.39 is 5.97 Å². The number of aromatic nitrogens is 2.